The smallest absolute Gasteiger partial charge is 0.397 e. The van der Waals surface area contributed by atoms with E-state index in [1.807, 2.05) is 12.1 Å². The molecular formula is C17H18F3N3. The lowest BCUT2D eigenvalue weighted by atomic mass is 10.0. The summed E-state index contributed by atoms with van der Waals surface area (Å²) in [5.74, 6) is 0. The minimum Gasteiger partial charge on any atom is -0.397 e. The highest BCUT2D eigenvalue weighted by Crippen LogP contribution is 2.34. The second-order valence-corrected chi connectivity index (χ2v) is 5.59. The van der Waals surface area contributed by atoms with Gasteiger partial charge in [0.05, 0.1) is 16.9 Å². The van der Waals surface area contributed by atoms with Gasteiger partial charge in [0.1, 0.15) is 0 Å². The molecule has 3 rings (SSSR count). The second kappa shape index (κ2) is 6.12. The predicted molar refractivity (Wildman–Crippen MR) is 86.4 cm³/mol. The fourth-order valence-electron chi connectivity index (χ4n) is 2.80. The van der Waals surface area contributed by atoms with Crippen molar-refractivity contribution in [3.8, 4) is 11.1 Å². The van der Waals surface area contributed by atoms with E-state index >= 15 is 0 Å². The monoisotopic (exact) mass is 321 g/mol. The van der Waals surface area contributed by atoms with E-state index < -0.39 is 11.7 Å². The molecule has 0 bridgehead atoms. The number of hydrogen-bond acceptors (Lipinski definition) is 3. The fourth-order valence-corrected chi connectivity index (χ4v) is 2.80. The SMILES string of the molecule is Nc1cc(-c2cccc(C(F)(F)F)c2)ccc1N1CCNCC1. The van der Waals surface area contributed by atoms with Crippen molar-refractivity contribution in [1.82, 2.24) is 5.32 Å². The zero-order valence-corrected chi connectivity index (χ0v) is 12.5. The third kappa shape index (κ3) is 3.42. The Kier molecular flexibility index (Phi) is 4.17. The molecule has 0 aromatic heterocycles. The van der Waals surface area contributed by atoms with Gasteiger partial charge in [-0.2, -0.15) is 13.2 Å². The number of halogens is 3. The van der Waals surface area contributed by atoms with Gasteiger partial charge >= 0.3 is 6.18 Å². The Morgan fingerprint density at radius 1 is 0.957 bits per heavy atom. The number of piperazine rings is 1. The van der Waals surface area contributed by atoms with E-state index in [0.29, 0.717) is 16.8 Å². The minimum atomic E-state index is -4.34. The van der Waals surface area contributed by atoms with E-state index in [9.17, 15) is 13.2 Å². The zero-order valence-electron chi connectivity index (χ0n) is 12.5. The van der Waals surface area contributed by atoms with Crippen LogP contribution in [0.3, 0.4) is 0 Å². The summed E-state index contributed by atoms with van der Waals surface area (Å²) in [6, 6.07) is 10.8. The summed E-state index contributed by atoms with van der Waals surface area (Å²) >= 11 is 0. The summed E-state index contributed by atoms with van der Waals surface area (Å²) in [5.41, 5.74) is 8.19. The molecule has 0 amide bonds. The fraction of sp³-hybridized carbons (Fsp3) is 0.294. The molecular weight excluding hydrogens is 303 g/mol. The first-order chi connectivity index (χ1) is 10.9. The maximum absolute atomic E-state index is 12.8. The number of nitrogens with zero attached hydrogens (tertiary/aromatic N) is 1. The lowest BCUT2D eigenvalue weighted by Gasteiger charge is -2.30. The normalized spacial score (nSPS) is 15.7. The predicted octanol–water partition coefficient (Wildman–Crippen LogP) is 3.36. The molecule has 6 heteroatoms. The first-order valence-corrected chi connectivity index (χ1v) is 7.48. The molecule has 0 atom stereocenters. The number of anilines is 2. The van der Waals surface area contributed by atoms with Gasteiger partial charge < -0.3 is 16.0 Å². The molecule has 1 heterocycles. The van der Waals surface area contributed by atoms with Gasteiger partial charge in [0.25, 0.3) is 0 Å². The Bertz CT molecular complexity index is 692. The van der Waals surface area contributed by atoms with Crippen LogP contribution in [0, 0.1) is 0 Å². The molecule has 2 aromatic carbocycles. The number of alkyl halides is 3. The average molecular weight is 321 g/mol. The lowest BCUT2D eigenvalue weighted by Crippen LogP contribution is -2.43. The molecule has 0 unspecified atom stereocenters. The van der Waals surface area contributed by atoms with Gasteiger partial charge in [-0.3, -0.25) is 0 Å². The Hall–Kier alpha value is -2.21. The average Bonchev–Trinajstić information content (AvgIpc) is 2.55. The Morgan fingerprint density at radius 3 is 2.30 bits per heavy atom. The summed E-state index contributed by atoms with van der Waals surface area (Å²) in [5, 5.41) is 3.27. The van der Waals surface area contributed by atoms with Crippen molar-refractivity contribution in [2.24, 2.45) is 0 Å². The van der Waals surface area contributed by atoms with Crippen molar-refractivity contribution in [1.29, 1.82) is 0 Å². The number of hydrogen-bond donors (Lipinski definition) is 2. The molecule has 3 nitrogen and oxygen atoms in total. The molecule has 0 radical (unpaired) electrons. The van der Waals surface area contributed by atoms with E-state index in [1.165, 1.54) is 6.07 Å². The minimum absolute atomic E-state index is 0.512. The third-order valence-corrected chi connectivity index (χ3v) is 4.01. The molecule has 23 heavy (non-hydrogen) atoms. The second-order valence-electron chi connectivity index (χ2n) is 5.59. The quantitative estimate of drug-likeness (QED) is 0.834. The zero-order chi connectivity index (χ0) is 16.4. The van der Waals surface area contributed by atoms with Crippen molar-refractivity contribution in [3.05, 3.63) is 48.0 Å². The largest absolute Gasteiger partial charge is 0.416 e. The number of benzene rings is 2. The summed E-state index contributed by atoms with van der Waals surface area (Å²) in [7, 11) is 0. The van der Waals surface area contributed by atoms with Crippen LogP contribution < -0.4 is 16.0 Å². The highest BCUT2D eigenvalue weighted by atomic mass is 19.4. The first-order valence-electron chi connectivity index (χ1n) is 7.48. The first kappa shape index (κ1) is 15.7. The molecule has 1 aliphatic rings. The van der Waals surface area contributed by atoms with Crippen LogP contribution in [-0.4, -0.2) is 26.2 Å². The van der Waals surface area contributed by atoms with Gasteiger partial charge in [0.2, 0.25) is 0 Å². The van der Waals surface area contributed by atoms with Gasteiger partial charge in [0.15, 0.2) is 0 Å². The van der Waals surface area contributed by atoms with Crippen molar-refractivity contribution >= 4 is 11.4 Å². The van der Waals surface area contributed by atoms with E-state index in [4.69, 9.17) is 5.73 Å². The van der Waals surface area contributed by atoms with Crippen LogP contribution in [0.15, 0.2) is 42.5 Å². The molecule has 1 fully saturated rings. The van der Waals surface area contributed by atoms with Crippen molar-refractivity contribution in [2.45, 2.75) is 6.18 Å². The standard InChI is InChI=1S/C17H18F3N3/c18-17(19,20)14-3-1-2-12(10-14)13-4-5-16(15(21)11-13)23-8-6-22-7-9-23/h1-5,10-11,22H,6-9,21H2. The van der Waals surface area contributed by atoms with Crippen LogP contribution >= 0.6 is 0 Å². The van der Waals surface area contributed by atoms with Gasteiger partial charge in [0, 0.05) is 26.2 Å². The van der Waals surface area contributed by atoms with Gasteiger partial charge in [-0.05, 0) is 35.4 Å². The maximum Gasteiger partial charge on any atom is 0.416 e. The van der Waals surface area contributed by atoms with Gasteiger partial charge in [-0.15, -0.1) is 0 Å². The van der Waals surface area contributed by atoms with Crippen molar-refractivity contribution in [3.63, 3.8) is 0 Å². The molecule has 3 N–H and O–H groups in total. The topological polar surface area (TPSA) is 41.3 Å². The highest BCUT2D eigenvalue weighted by Gasteiger charge is 2.30. The summed E-state index contributed by atoms with van der Waals surface area (Å²) < 4.78 is 38.5. The van der Waals surface area contributed by atoms with E-state index in [2.05, 4.69) is 10.2 Å². The molecule has 0 spiro atoms. The van der Waals surface area contributed by atoms with E-state index in [-0.39, 0.29) is 0 Å². The Labute approximate surface area is 132 Å². The molecule has 1 saturated heterocycles. The van der Waals surface area contributed by atoms with Crippen LogP contribution in [0.2, 0.25) is 0 Å². The number of nitrogens with one attached hydrogen (secondary N) is 1. The third-order valence-electron chi connectivity index (χ3n) is 4.01. The molecule has 122 valence electrons. The summed E-state index contributed by atoms with van der Waals surface area (Å²) in [4.78, 5) is 2.18. The summed E-state index contributed by atoms with van der Waals surface area (Å²) in [6.07, 6.45) is -4.34. The van der Waals surface area contributed by atoms with E-state index in [1.54, 1.807) is 12.1 Å². The maximum atomic E-state index is 12.8. The van der Waals surface area contributed by atoms with Crippen molar-refractivity contribution in [2.75, 3.05) is 36.8 Å². The Balaban J connectivity index is 1.91. The van der Waals surface area contributed by atoms with Crippen LogP contribution in [0.1, 0.15) is 5.56 Å². The molecule has 2 aromatic rings. The Morgan fingerprint density at radius 2 is 1.65 bits per heavy atom. The van der Waals surface area contributed by atoms with Crippen LogP contribution in [0.5, 0.6) is 0 Å². The van der Waals surface area contributed by atoms with Gasteiger partial charge in [-0.25, -0.2) is 0 Å². The van der Waals surface area contributed by atoms with E-state index in [0.717, 1.165) is 44.0 Å². The van der Waals surface area contributed by atoms with Crippen molar-refractivity contribution < 1.29 is 13.2 Å². The summed E-state index contributed by atoms with van der Waals surface area (Å²) in [6.45, 7) is 3.53. The van der Waals surface area contributed by atoms with Crippen LogP contribution in [0.25, 0.3) is 11.1 Å². The number of nitrogens with two attached hydrogens (primary N) is 1. The lowest BCUT2D eigenvalue weighted by molar-refractivity contribution is -0.137. The molecule has 0 aliphatic carbocycles. The van der Waals surface area contributed by atoms with Crippen LogP contribution in [0.4, 0.5) is 24.5 Å². The molecule has 0 saturated carbocycles. The number of rotatable bonds is 2. The number of nitrogen functional groups attached to an aromatic ring is 1. The molecule has 1 aliphatic heterocycles. The van der Waals surface area contributed by atoms with Gasteiger partial charge in [-0.1, -0.05) is 18.2 Å². The van der Waals surface area contributed by atoms with Crippen LogP contribution in [-0.2, 0) is 6.18 Å². The highest BCUT2D eigenvalue weighted by molar-refractivity contribution is 5.77.